The van der Waals surface area contributed by atoms with Gasteiger partial charge in [-0.2, -0.15) is 0 Å². The first-order chi connectivity index (χ1) is 10.0. The van der Waals surface area contributed by atoms with Gasteiger partial charge in [0.15, 0.2) is 0 Å². The number of carbonyl (C=O) groups is 1. The number of carbonyl (C=O) groups excluding carboxylic acids is 1. The van der Waals surface area contributed by atoms with E-state index in [9.17, 15) is 4.79 Å². The molecule has 0 aliphatic carbocycles. The summed E-state index contributed by atoms with van der Waals surface area (Å²) < 4.78 is 7.21. The number of hydrogen-bond acceptors (Lipinski definition) is 5. The number of esters is 1. The van der Waals surface area contributed by atoms with Gasteiger partial charge in [-0.1, -0.05) is 6.92 Å². The Morgan fingerprint density at radius 2 is 2.19 bits per heavy atom. The fourth-order valence-electron chi connectivity index (χ4n) is 2.01. The van der Waals surface area contributed by atoms with Crippen molar-refractivity contribution in [2.45, 2.75) is 46.1 Å². The summed E-state index contributed by atoms with van der Waals surface area (Å²) in [5.41, 5.74) is 0.998. The van der Waals surface area contributed by atoms with E-state index in [2.05, 4.69) is 21.5 Å². The zero-order chi connectivity index (χ0) is 15.5. The van der Waals surface area contributed by atoms with Crippen molar-refractivity contribution in [2.75, 3.05) is 6.61 Å². The van der Waals surface area contributed by atoms with Gasteiger partial charge in [0.2, 0.25) is 0 Å². The second kappa shape index (κ2) is 6.39. The number of aryl methyl sites for hydroxylation is 1. The molecule has 0 saturated heterocycles. The van der Waals surface area contributed by atoms with Gasteiger partial charge in [0.25, 0.3) is 0 Å². The van der Waals surface area contributed by atoms with Crippen molar-refractivity contribution in [3.63, 3.8) is 0 Å². The zero-order valence-electron chi connectivity index (χ0n) is 12.9. The highest BCUT2D eigenvalue weighted by Crippen LogP contribution is 2.31. The molecule has 2 aromatic heterocycles. The molecule has 2 rings (SSSR count). The van der Waals surface area contributed by atoms with E-state index in [0.717, 1.165) is 29.4 Å². The molecule has 0 aliphatic rings. The van der Waals surface area contributed by atoms with Crippen molar-refractivity contribution in [1.82, 2.24) is 14.5 Å². The molecule has 21 heavy (non-hydrogen) atoms. The predicted molar refractivity (Wildman–Crippen MR) is 83.3 cm³/mol. The first kappa shape index (κ1) is 15.7. The summed E-state index contributed by atoms with van der Waals surface area (Å²) in [4.78, 5) is 20.9. The third-order valence-corrected chi connectivity index (χ3v) is 4.19. The summed E-state index contributed by atoms with van der Waals surface area (Å²) in [6.45, 7) is 8.90. The molecule has 0 N–H and O–H groups in total. The van der Waals surface area contributed by atoms with Crippen LogP contribution in [0.1, 0.15) is 39.8 Å². The van der Waals surface area contributed by atoms with Gasteiger partial charge in [0.1, 0.15) is 10.4 Å². The topological polar surface area (TPSA) is 57.0 Å². The fraction of sp³-hybridized carbons (Fsp3) is 0.533. The van der Waals surface area contributed by atoms with Gasteiger partial charge in [-0.25, -0.2) is 9.97 Å². The van der Waals surface area contributed by atoms with Gasteiger partial charge in [-0.15, -0.1) is 11.3 Å². The van der Waals surface area contributed by atoms with E-state index in [1.54, 1.807) is 0 Å². The van der Waals surface area contributed by atoms with Gasteiger partial charge in [-0.05, 0) is 27.2 Å². The molecule has 0 aromatic carbocycles. The maximum Gasteiger partial charge on any atom is 0.317 e. The van der Waals surface area contributed by atoms with E-state index >= 15 is 0 Å². The Morgan fingerprint density at radius 1 is 1.43 bits per heavy atom. The van der Waals surface area contributed by atoms with Crippen LogP contribution >= 0.6 is 11.3 Å². The van der Waals surface area contributed by atoms with Gasteiger partial charge in [-0.3, -0.25) is 4.79 Å². The Bertz CT molecular complexity index is 616. The minimum atomic E-state index is -0.736. The molecule has 0 bridgehead atoms. The highest BCUT2D eigenvalue weighted by atomic mass is 32.1. The van der Waals surface area contributed by atoms with Crippen molar-refractivity contribution >= 4 is 17.3 Å². The van der Waals surface area contributed by atoms with Crippen molar-refractivity contribution in [3.8, 4) is 10.7 Å². The lowest BCUT2D eigenvalue weighted by Crippen LogP contribution is -2.31. The Labute approximate surface area is 129 Å². The highest BCUT2D eigenvalue weighted by molar-refractivity contribution is 7.13. The minimum absolute atomic E-state index is 0.246. The molecule has 0 amide bonds. The SMILES string of the molecule is CCCn1cncc1-c1nc(C(C)(C)C(=O)OCC)cs1. The number of aromatic nitrogens is 3. The smallest absolute Gasteiger partial charge is 0.317 e. The molecule has 0 radical (unpaired) electrons. The first-order valence-electron chi connectivity index (χ1n) is 7.14. The summed E-state index contributed by atoms with van der Waals surface area (Å²) in [5.74, 6) is -0.246. The summed E-state index contributed by atoms with van der Waals surface area (Å²) in [6, 6.07) is 0. The molecular formula is C15H21N3O2S. The lowest BCUT2D eigenvalue weighted by molar-refractivity contribution is -0.148. The van der Waals surface area contributed by atoms with Crippen LogP contribution in [0.5, 0.6) is 0 Å². The van der Waals surface area contributed by atoms with E-state index < -0.39 is 5.41 Å². The second-order valence-electron chi connectivity index (χ2n) is 5.36. The van der Waals surface area contributed by atoms with Crippen LogP contribution in [0.2, 0.25) is 0 Å². The molecule has 0 aliphatic heterocycles. The third kappa shape index (κ3) is 3.15. The third-order valence-electron chi connectivity index (χ3n) is 3.33. The lowest BCUT2D eigenvalue weighted by Gasteiger charge is -2.19. The fourth-order valence-corrected chi connectivity index (χ4v) is 3.02. The average molecular weight is 307 g/mol. The quantitative estimate of drug-likeness (QED) is 0.769. The molecule has 0 unspecified atom stereocenters. The molecule has 0 atom stereocenters. The van der Waals surface area contributed by atoms with Crippen molar-refractivity contribution in [3.05, 3.63) is 23.6 Å². The van der Waals surface area contributed by atoms with Crippen molar-refractivity contribution < 1.29 is 9.53 Å². The van der Waals surface area contributed by atoms with Crippen LogP contribution in [-0.4, -0.2) is 27.1 Å². The Morgan fingerprint density at radius 3 is 2.86 bits per heavy atom. The molecule has 0 saturated carbocycles. The minimum Gasteiger partial charge on any atom is -0.465 e. The average Bonchev–Trinajstić information content (AvgIpc) is 3.07. The Kier molecular flexibility index (Phi) is 4.77. The van der Waals surface area contributed by atoms with Crippen LogP contribution in [0.4, 0.5) is 0 Å². The normalized spacial score (nSPS) is 11.6. The van der Waals surface area contributed by atoms with Gasteiger partial charge in [0, 0.05) is 11.9 Å². The number of imidazole rings is 1. The van der Waals surface area contributed by atoms with E-state index in [0.29, 0.717) is 6.61 Å². The zero-order valence-corrected chi connectivity index (χ0v) is 13.7. The Balaban J connectivity index is 2.29. The van der Waals surface area contributed by atoms with E-state index in [1.807, 2.05) is 38.7 Å². The van der Waals surface area contributed by atoms with Gasteiger partial charge >= 0.3 is 5.97 Å². The van der Waals surface area contributed by atoms with E-state index in [1.165, 1.54) is 11.3 Å². The molecule has 5 nitrogen and oxygen atoms in total. The van der Waals surface area contributed by atoms with Crippen LogP contribution in [-0.2, 0) is 21.5 Å². The van der Waals surface area contributed by atoms with Crippen LogP contribution in [0.3, 0.4) is 0 Å². The lowest BCUT2D eigenvalue weighted by atomic mass is 9.90. The number of thiazole rings is 1. The van der Waals surface area contributed by atoms with E-state index in [4.69, 9.17) is 4.74 Å². The summed E-state index contributed by atoms with van der Waals surface area (Å²) in [5, 5.41) is 2.81. The van der Waals surface area contributed by atoms with Crippen LogP contribution in [0.25, 0.3) is 10.7 Å². The Hall–Kier alpha value is -1.69. The number of ether oxygens (including phenoxy) is 1. The summed E-state index contributed by atoms with van der Waals surface area (Å²) >= 11 is 1.53. The van der Waals surface area contributed by atoms with Gasteiger partial charge < -0.3 is 9.30 Å². The molecule has 6 heteroatoms. The van der Waals surface area contributed by atoms with Gasteiger partial charge in [0.05, 0.1) is 30.5 Å². The molecule has 2 heterocycles. The monoisotopic (exact) mass is 307 g/mol. The standard InChI is InChI=1S/C15H21N3O2S/c1-5-7-18-10-16-8-11(18)13-17-12(9-21-13)15(3,4)14(19)20-6-2/h8-10H,5-7H2,1-4H3. The maximum atomic E-state index is 12.1. The van der Waals surface area contributed by atoms with Crippen LogP contribution in [0.15, 0.2) is 17.9 Å². The predicted octanol–water partition coefficient (Wildman–Crippen LogP) is 3.26. The van der Waals surface area contributed by atoms with Crippen LogP contribution < -0.4 is 0 Å². The number of hydrogen-bond donors (Lipinski definition) is 0. The highest BCUT2D eigenvalue weighted by Gasteiger charge is 2.34. The maximum absolute atomic E-state index is 12.1. The summed E-state index contributed by atoms with van der Waals surface area (Å²) in [6.07, 6.45) is 4.67. The molecule has 2 aromatic rings. The van der Waals surface area contributed by atoms with Crippen molar-refractivity contribution in [2.24, 2.45) is 0 Å². The largest absolute Gasteiger partial charge is 0.465 e. The van der Waals surface area contributed by atoms with Crippen molar-refractivity contribution in [1.29, 1.82) is 0 Å². The second-order valence-corrected chi connectivity index (χ2v) is 6.21. The first-order valence-corrected chi connectivity index (χ1v) is 8.02. The molecular weight excluding hydrogens is 286 g/mol. The number of nitrogens with zero attached hydrogens (tertiary/aromatic N) is 3. The molecule has 0 fully saturated rings. The van der Waals surface area contributed by atoms with E-state index in [-0.39, 0.29) is 5.97 Å². The molecule has 114 valence electrons. The summed E-state index contributed by atoms with van der Waals surface area (Å²) in [7, 11) is 0. The van der Waals surface area contributed by atoms with Crippen LogP contribution in [0, 0.1) is 0 Å². The number of rotatable bonds is 6. The molecule has 0 spiro atoms.